The molecule has 0 aliphatic carbocycles. The number of benzene rings is 1. The quantitative estimate of drug-likeness (QED) is 0.907. The molecule has 1 amide bonds. The van der Waals surface area contributed by atoms with Crippen LogP contribution >= 0.6 is 0 Å². The van der Waals surface area contributed by atoms with Gasteiger partial charge in [0, 0.05) is 24.4 Å². The Morgan fingerprint density at radius 1 is 1.27 bits per heavy atom. The first-order valence-electron chi connectivity index (χ1n) is 8.39. The summed E-state index contributed by atoms with van der Waals surface area (Å²) in [4.78, 5) is 15.0. The zero-order valence-corrected chi connectivity index (χ0v) is 14.4. The van der Waals surface area contributed by atoms with Gasteiger partial charge in [-0.25, -0.2) is 0 Å². The molecule has 2 atom stereocenters. The minimum atomic E-state index is -0.293. The third-order valence-electron chi connectivity index (χ3n) is 4.76. The first-order valence-corrected chi connectivity index (χ1v) is 8.39. The number of hydrogen-bond acceptors (Lipinski definition) is 2. The topological polar surface area (TPSA) is 46.3 Å². The van der Waals surface area contributed by atoms with Crippen molar-refractivity contribution in [3.63, 3.8) is 0 Å². The van der Waals surface area contributed by atoms with E-state index in [4.69, 9.17) is 5.73 Å². The zero-order valence-electron chi connectivity index (χ0n) is 14.4. The highest BCUT2D eigenvalue weighted by molar-refractivity contribution is 5.82. The Morgan fingerprint density at radius 2 is 1.91 bits per heavy atom. The summed E-state index contributed by atoms with van der Waals surface area (Å²) in [5.74, 6) is 1.53. The van der Waals surface area contributed by atoms with Crippen LogP contribution in [0.4, 0.5) is 0 Å². The Hall–Kier alpha value is -1.35. The highest BCUT2D eigenvalue weighted by atomic mass is 16.2. The summed E-state index contributed by atoms with van der Waals surface area (Å²) >= 11 is 0. The third kappa shape index (κ3) is 3.70. The van der Waals surface area contributed by atoms with Crippen LogP contribution in [0.1, 0.15) is 45.6 Å². The van der Waals surface area contributed by atoms with E-state index < -0.39 is 0 Å². The molecule has 2 N–H and O–H groups in total. The lowest BCUT2D eigenvalue weighted by atomic mass is 9.82. The molecule has 3 nitrogen and oxygen atoms in total. The predicted octanol–water partition coefficient (Wildman–Crippen LogP) is 3.26. The Kier molecular flexibility index (Phi) is 5.28. The van der Waals surface area contributed by atoms with Crippen LogP contribution in [0.2, 0.25) is 0 Å². The van der Waals surface area contributed by atoms with Gasteiger partial charge in [-0.2, -0.15) is 0 Å². The van der Waals surface area contributed by atoms with Crippen LogP contribution in [-0.2, 0) is 4.79 Å². The number of likely N-dealkylation sites (tertiary alicyclic amines) is 1. The average molecular weight is 302 g/mol. The molecule has 3 heteroatoms. The van der Waals surface area contributed by atoms with E-state index in [-0.39, 0.29) is 11.3 Å². The van der Waals surface area contributed by atoms with Crippen LogP contribution in [0, 0.1) is 17.3 Å². The maximum absolute atomic E-state index is 12.9. The number of nitrogens with zero attached hydrogens (tertiary/aromatic N) is 1. The van der Waals surface area contributed by atoms with Crippen LogP contribution < -0.4 is 5.73 Å². The second-order valence-corrected chi connectivity index (χ2v) is 7.70. The minimum Gasteiger partial charge on any atom is -0.341 e. The van der Waals surface area contributed by atoms with E-state index in [0.29, 0.717) is 24.3 Å². The summed E-state index contributed by atoms with van der Waals surface area (Å²) in [6.07, 6.45) is 0.922. The highest BCUT2D eigenvalue weighted by Crippen LogP contribution is 2.36. The van der Waals surface area contributed by atoms with Crippen LogP contribution in [0.3, 0.4) is 0 Å². The van der Waals surface area contributed by atoms with Gasteiger partial charge in [-0.15, -0.1) is 0 Å². The SMILES string of the molecule is CC(C)CC(C)(C)C(=O)N1C[C@@H](CN)[C@H](c2ccccc2)C1. The van der Waals surface area contributed by atoms with Crippen molar-refractivity contribution >= 4 is 5.91 Å². The summed E-state index contributed by atoms with van der Waals surface area (Å²) in [7, 11) is 0. The summed E-state index contributed by atoms with van der Waals surface area (Å²) < 4.78 is 0. The van der Waals surface area contributed by atoms with Gasteiger partial charge in [0.05, 0.1) is 0 Å². The Bertz CT molecular complexity index is 495. The highest BCUT2D eigenvalue weighted by Gasteiger charge is 2.40. The average Bonchev–Trinajstić information content (AvgIpc) is 2.90. The Morgan fingerprint density at radius 3 is 2.45 bits per heavy atom. The van der Waals surface area contributed by atoms with Crippen molar-refractivity contribution in [1.82, 2.24) is 4.90 Å². The molecule has 0 spiro atoms. The first-order chi connectivity index (χ1) is 10.3. The molecule has 1 aromatic carbocycles. The van der Waals surface area contributed by atoms with Crippen LogP contribution in [0.15, 0.2) is 30.3 Å². The Balaban J connectivity index is 2.13. The van der Waals surface area contributed by atoms with E-state index in [0.717, 1.165) is 19.5 Å². The molecule has 0 aromatic heterocycles. The Labute approximate surface area is 134 Å². The molecule has 1 heterocycles. The summed E-state index contributed by atoms with van der Waals surface area (Å²) in [5, 5.41) is 0. The number of carbonyl (C=O) groups is 1. The maximum atomic E-state index is 12.9. The van der Waals surface area contributed by atoms with Crippen molar-refractivity contribution in [2.24, 2.45) is 23.0 Å². The normalized spacial score (nSPS) is 22.4. The molecule has 1 saturated heterocycles. The second kappa shape index (κ2) is 6.82. The van der Waals surface area contributed by atoms with Gasteiger partial charge in [-0.1, -0.05) is 58.0 Å². The summed E-state index contributed by atoms with van der Waals surface area (Å²) in [6, 6.07) is 10.5. The maximum Gasteiger partial charge on any atom is 0.228 e. The number of amides is 1. The van der Waals surface area contributed by atoms with E-state index in [1.165, 1.54) is 5.56 Å². The van der Waals surface area contributed by atoms with E-state index >= 15 is 0 Å². The predicted molar refractivity (Wildman–Crippen MR) is 91.5 cm³/mol. The van der Waals surface area contributed by atoms with Crippen molar-refractivity contribution in [1.29, 1.82) is 0 Å². The van der Waals surface area contributed by atoms with Crippen LogP contribution in [0.5, 0.6) is 0 Å². The minimum absolute atomic E-state index is 0.276. The summed E-state index contributed by atoms with van der Waals surface area (Å²) in [6.45, 7) is 10.7. The lowest BCUT2D eigenvalue weighted by molar-refractivity contribution is -0.140. The monoisotopic (exact) mass is 302 g/mol. The lowest BCUT2D eigenvalue weighted by Crippen LogP contribution is -2.40. The molecule has 1 fully saturated rings. The van der Waals surface area contributed by atoms with Gasteiger partial charge in [0.2, 0.25) is 5.91 Å². The summed E-state index contributed by atoms with van der Waals surface area (Å²) in [5.41, 5.74) is 6.98. The fourth-order valence-corrected chi connectivity index (χ4v) is 3.89. The van der Waals surface area contributed by atoms with Gasteiger partial charge in [0.25, 0.3) is 0 Å². The molecule has 0 saturated carbocycles. The van der Waals surface area contributed by atoms with Crippen molar-refractivity contribution < 1.29 is 4.79 Å². The molecule has 22 heavy (non-hydrogen) atoms. The van der Waals surface area contributed by atoms with Crippen molar-refractivity contribution in [2.45, 2.75) is 40.0 Å². The molecule has 1 aliphatic rings. The van der Waals surface area contributed by atoms with E-state index in [9.17, 15) is 4.79 Å². The van der Waals surface area contributed by atoms with Gasteiger partial charge in [0.15, 0.2) is 0 Å². The van der Waals surface area contributed by atoms with Crippen LogP contribution in [0.25, 0.3) is 0 Å². The van der Waals surface area contributed by atoms with Crippen molar-refractivity contribution in [3.05, 3.63) is 35.9 Å². The molecular formula is C19H30N2O. The first kappa shape index (κ1) is 17.0. The fraction of sp³-hybridized carbons (Fsp3) is 0.632. The van der Waals surface area contributed by atoms with Crippen molar-refractivity contribution in [3.8, 4) is 0 Å². The molecule has 0 bridgehead atoms. The third-order valence-corrected chi connectivity index (χ3v) is 4.76. The molecule has 0 radical (unpaired) electrons. The molecule has 122 valence electrons. The molecular weight excluding hydrogens is 272 g/mol. The largest absolute Gasteiger partial charge is 0.341 e. The lowest BCUT2D eigenvalue weighted by Gasteiger charge is -2.30. The van der Waals surface area contributed by atoms with Gasteiger partial charge in [-0.3, -0.25) is 4.79 Å². The fourth-order valence-electron chi connectivity index (χ4n) is 3.89. The standard InChI is InChI=1S/C19H30N2O/c1-14(2)10-19(3,4)18(22)21-12-16(11-20)17(13-21)15-8-6-5-7-9-15/h5-9,14,16-17H,10-13,20H2,1-4H3/t16-,17+/m1/s1. The van der Waals surface area contributed by atoms with Gasteiger partial charge in [-0.05, 0) is 30.4 Å². The smallest absolute Gasteiger partial charge is 0.228 e. The number of hydrogen-bond donors (Lipinski definition) is 1. The second-order valence-electron chi connectivity index (χ2n) is 7.70. The number of rotatable bonds is 5. The van der Waals surface area contributed by atoms with Crippen LogP contribution in [-0.4, -0.2) is 30.4 Å². The van der Waals surface area contributed by atoms with E-state index in [1.54, 1.807) is 0 Å². The molecule has 2 rings (SSSR count). The van der Waals surface area contributed by atoms with E-state index in [2.05, 4.69) is 52.0 Å². The molecule has 1 aliphatic heterocycles. The molecule has 0 unspecified atom stereocenters. The van der Waals surface area contributed by atoms with Gasteiger partial charge in [0.1, 0.15) is 0 Å². The van der Waals surface area contributed by atoms with E-state index in [1.807, 2.05) is 11.0 Å². The number of carbonyl (C=O) groups excluding carboxylic acids is 1. The number of nitrogens with two attached hydrogens (primary N) is 1. The van der Waals surface area contributed by atoms with Gasteiger partial charge >= 0.3 is 0 Å². The van der Waals surface area contributed by atoms with Crippen molar-refractivity contribution in [2.75, 3.05) is 19.6 Å². The zero-order chi connectivity index (χ0) is 16.3. The van der Waals surface area contributed by atoms with Gasteiger partial charge < -0.3 is 10.6 Å². The molecule has 1 aromatic rings.